The van der Waals surface area contributed by atoms with Crippen molar-refractivity contribution in [2.45, 2.75) is 13.5 Å². The molecule has 3 heterocycles. The quantitative estimate of drug-likeness (QED) is 0.702. The number of nitrogens with zero attached hydrogens (tertiary/aromatic N) is 5. The second kappa shape index (κ2) is 7.43. The van der Waals surface area contributed by atoms with Gasteiger partial charge in [-0.05, 0) is 13.0 Å². The van der Waals surface area contributed by atoms with Crippen molar-refractivity contribution in [2.75, 3.05) is 31.1 Å². The maximum Gasteiger partial charge on any atom is 0.241 e. The predicted molar refractivity (Wildman–Crippen MR) is 101 cm³/mol. The van der Waals surface area contributed by atoms with Gasteiger partial charge in [0, 0.05) is 44.1 Å². The first-order valence-corrected chi connectivity index (χ1v) is 9.03. The lowest BCUT2D eigenvalue weighted by Gasteiger charge is -2.35. The van der Waals surface area contributed by atoms with E-state index in [9.17, 15) is 0 Å². The van der Waals surface area contributed by atoms with Gasteiger partial charge < -0.3 is 9.42 Å². The van der Waals surface area contributed by atoms with Crippen LogP contribution in [0, 0.1) is 6.92 Å². The van der Waals surface area contributed by atoms with E-state index in [4.69, 9.17) is 16.1 Å². The zero-order chi connectivity index (χ0) is 17.9. The Morgan fingerprint density at radius 1 is 1.08 bits per heavy atom. The molecule has 0 amide bonds. The molecule has 1 aromatic carbocycles. The van der Waals surface area contributed by atoms with Gasteiger partial charge in [0.05, 0.1) is 17.3 Å². The summed E-state index contributed by atoms with van der Waals surface area (Å²) in [6.07, 6.45) is 3.47. The molecule has 1 aliphatic heterocycles. The van der Waals surface area contributed by atoms with Crippen molar-refractivity contribution in [3.05, 3.63) is 59.2 Å². The van der Waals surface area contributed by atoms with Crippen molar-refractivity contribution >= 4 is 17.3 Å². The summed E-state index contributed by atoms with van der Waals surface area (Å²) in [5.74, 6) is 1.29. The third kappa shape index (κ3) is 3.71. The molecule has 0 unspecified atom stereocenters. The monoisotopic (exact) mass is 369 g/mol. The highest BCUT2D eigenvalue weighted by molar-refractivity contribution is 6.33. The number of halogens is 1. The zero-order valence-electron chi connectivity index (χ0n) is 14.6. The van der Waals surface area contributed by atoms with Gasteiger partial charge in [-0.25, -0.2) is 0 Å². The van der Waals surface area contributed by atoms with E-state index in [1.807, 2.05) is 18.2 Å². The lowest BCUT2D eigenvalue weighted by atomic mass is 10.1. The van der Waals surface area contributed by atoms with Crippen LogP contribution in [0.15, 0.2) is 47.2 Å². The van der Waals surface area contributed by atoms with E-state index < -0.39 is 0 Å². The molecular formula is C19H20ClN5O. The molecule has 3 aromatic rings. The predicted octanol–water partition coefficient (Wildman–Crippen LogP) is 3.42. The molecule has 0 spiro atoms. The standard InChI is InChI=1S/C19H20ClN5O/c1-14-2-4-15(5-3-14)19-22-18(26-23-19)13-24-8-10-25(11-9-24)17-6-7-21-12-16(17)20/h2-7,12H,8-11,13H2,1H3. The maximum absolute atomic E-state index is 6.24. The highest BCUT2D eigenvalue weighted by atomic mass is 35.5. The molecule has 134 valence electrons. The molecule has 0 saturated carbocycles. The summed E-state index contributed by atoms with van der Waals surface area (Å²) in [6.45, 7) is 6.37. The van der Waals surface area contributed by atoms with E-state index in [0.717, 1.165) is 37.4 Å². The van der Waals surface area contributed by atoms with Gasteiger partial charge in [0.25, 0.3) is 0 Å². The Morgan fingerprint density at radius 2 is 1.85 bits per heavy atom. The number of hydrogen-bond acceptors (Lipinski definition) is 6. The van der Waals surface area contributed by atoms with Crippen LogP contribution in [0.25, 0.3) is 11.4 Å². The number of piperazine rings is 1. The van der Waals surface area contributed by atoms with Crippen molar-refractivity contribution in [3.63, 3.8) is 0 Å². The summed E-state index contributed by atoms with van der Waals surface area (Å²) in [6, 6.07) is 10.1. The SMILES string of the molecule is Cc1ccc(-c2noc(CN3CCN(c4ccncc4Cl)CC3)n2)cc1. The minimum absolute atomic E-state index is 0.641. The van der Waals surface area contributed by atoms with E-state index >= 15 is 0 Å². The smallest absolute Gasteiger partial charge is 0.241 e. The number of aromatic nitrogens is 3. The van der Waals surface area contributed by atoms with Gasteiger partial charge in [-0.15, -0.1) is 0 Å². The summed E-state index contributed by atoms with van der Waals surface area (Å²) in [4.78, 5) is 13.2. The van der Waals surface area contributed by atoms with Gasteiger partial charge in [-0.3, -0.25) is 9.88 Å². The Kier molecular flexibility index (Phi) is 4.86. The molecular weight excluding hydrogens is 350 g/mol. The molecule has 1 fully saturated rings. The number of anilines is 1. The average Bonchev–Trinajstić information content (AvgIpc) is 3.12. The fourth-order valence-electron chi connectivity index (χ4n) is 3.10. The van der Waals surface area contributed by atoms with Crippen molar-refractivity contribution in [1.82, 2.24) is 20.0 Å². The molecule has 1 saturated heterocycles. The van der Waals surface area contributed by atoms with Crippen LogP contribution in [0.4, 0.5) is 5.69 Å². The zero-order valence-corrected chi connectivity index (χ0v) is 15.4. The number of benzene rings is 1. The van der Waals surface area contributed by atoms with Crippen molar-refractivity contribution in [1.29, 1.82) is 0 Å². The fraction of sp³-hybridized carbons (Fsp3) is 0.316. The van der Waals surface area contributed by atoms with Gasteiger partial charge in [-0.1, -0.05) is 46.6 Å². The minimum atomic E-state index is 0.641. The van der Waals surface area contributed by atoms with E-state index in [1.165, 1.54) is 5.56 Å². The molecule has 7 heteroatoms. The van der Waals surface area contributed by atoms with E-state index in [1.54, 1.807) is 12.4 Å². The first-order valence-electron chi connectivity index (χ1n) is 8.65. The second-order valence-corrected chi connectivity index (χ2v) is 6.88. The molecule has 0 bridgehead atoms. The lowest BCUT2D eigenvalue weighted by molar-refractivity contribution is 0.215. The molecule has 0 radical (unpaired) electrons. The summed E-state index contributed by atoms with van der Waals surface area (Å²) in [5, 5.41) is 4.80. The summed E-state index contributed by atoms with van der Waals surface area (Å²) in [7, 11) is 0. The number of hydrogen-bond donors (Lipinski definition) is 0. The molecule has 0 atom stereocenters. The summed E-state index contributed by atoms with van der Waals surface area (Å²) < 4.78 is 5.44. The topological polar surface area (TPSA) is 58.3 Å². The third-order valence-corrected chi connectivity index (χ3v) is 4.89. The number of rotatable bonds is 4. The van der Waals surface area contributed by atoms with Crippen LogP contribution in [0.3, 0.4) is 0 Å². The van der Waals surface area contributed by atoms with Gasteiger partial charge in [0.1, 0.15) is 0 Å². The Balaban J connectivity index is 1.36. The molecule has 26 heavy (non-hydrogen) atoms. The maximum atomic E-state index is 6.24. The Morgan fingerprint density at radius 3 is 2.58 bits per heavy atom. The molecule has 6 nitrogen and oxygen atoms in total. The summed E-state index contributed by atoms with van der Waals surface area (Å²) in [5.41, 5.74) is 3.23. The molecule has 1 aliphatic rings. The Bertz CT molecular complexity index is 872. The third-order valence-electron chi connectivity index (χ3n) is 4.60. The van der Waals surface area contributed by atoms with E-state index in [2.05, 4.69) is 44.0 Å². The Labute approximate surface area is 157 Å². The number of aryl methyl sites for hydroxylation is 1. The van der Waals surface area contributed by atoms with Gasteiger partial charge in [0.2, 0.25) is 11.7 Å². The van der Waals surface area contributed by atoms with Crippen LogP contribution < -0.4 is 4.90 Å². The minimum Gasteiger partial charge on any atom is -0.368 e. The average molecular weight is 370 g/mol. The highest BCUT2D eigenvalue weighted by Crippen LogP contribution is 2.25. The van der Waals surface area contributed by atoms with Crippen molar-refractivity contribution < 1.29 is 4.52 Å². The Hall–Kier alpha value is -2.44. The first kappa shape index (κ1) is 17.0. The van der Waals surface area contributed by atoms with E-state index in [0.29, 0.717) is 23.3 Å². The van der Waals surface area contributed by atoms with Crippen LogP contribution in [-0.2, 0) is 6.54 Å². The normalized spacial score (nSPS) is 15.4. The van der Waals surface area contributed by atoms with Crippen LogP contribution in [0.5, 0.6) is 0 Å². The van der Waals surface area contributed by atoms with Gasteiger partial charge in [0.15, 0.2) is 0 Å². The van der Waals surface area contributed by atoms with Crippen LogP contribution in [-0.4, -0.2) is 46.2 Å². The fourth-order valence-corrected chi connectivity index (χ4v) is 3.34. The van der Waals surface area contributed by atoms with Crippen molar-refractivity contribution in [2.24, 2.45) is 0 Å². The van der Waals surface area contributed by atoms with Gasteiger partial charge >= 0.3 is 0 Å². The molecule has 4 rings (SSSR count). The molecule has 2 aromatic heterocycles. The summed E-state index contributed by atoms with van der Waals surface area (Å²) >= 11 is 6.24. The highest BCUT2D eigenvalue weighted by Gasteiger charge is 2.21. The largest absolute Gasteiger partial charge is 0.368 e. The second-order valence-electron chi connectivity index (χ2n) is 6.47. The van der Waals surface area contributed by atoms with Crippen LogP contribution in [0.1, 0.15) is 11.5 Å². The van der Waals surface area contributed by atoms with Gasteiger partial charge in [-0.2, -0.15) is 4.98 Å². The van der Waals surface area contributed by atoms with Crippen LogP contribution in [0.2, 0.25) is 5.02 Å². The molecule has 0 N–H and O–H groups in total. The van der Waals surface area contributed by atoms with Crippen molar-refractivity contribution in [3.8, 4) is 11.4 Å². The number of pyridine rings is 1. The molecule has 0 aliphatic carbocycles. The first-order chi connectivity index (χ1) is 12.7. The lowest BCUT2D eigenvalue weighted by Crippen LogP contribution is -2.46. The van der Waals surface area contributed by atoms with Crippen LogP contribution >= 0.6 is 11.6 Å². The van der Waals surface area contributed by atoms with E-state index in [-0.39, 0.29) is 0 Å².